The molecule has 4 rings (SSSR count). The Labute approximate surface area is 255 Å². The van der Waals surface area contributed by atoms with Crippen LogP contribution < -0.4 is 10.4 Å². The number of benzene rings is 3. The van der Waals surface area contributed by atoms with Gasteiger partial charge in [-0.25, -0.2) is 4.39 Å². The largest absolute Gasteiger partial charge is 0.550 e. The average molecular weight is 595 g/mol. The van der Waals surface area contributed by atoms with Gasteiger partial charge in [-0.15, -0.1) is 0 Å². The van der Waals surface area contributed by atoms with Gasteiger partial charge in [0.2, 0.25) is 0 Å². The summed E-state index contributed by atoms with van der Waals surface area (Å²) < 4.78 is 15.9. The van der Waals surface area contributed by atoms with E-state index in [0.29, 0.717) is 33.6 Å². The van der Waals surface area contributed by atoms with Crippen molar-refractivity contribution in [2.45, 2.75) is 51.5 Å². The standard InChI is InChI=1S/C35H34FN3O5/c1-22(2)39-30(17-16-28(40)18-29(41)19-31(42)43)32(26-12-14-27(36)15-13-26)33(25-6-4-3-5-7-25)34(39)35(44)38-21-24-10-8-23(20-37)9-11-24/h3-17,22,28-29,40-41H,18-19,21H2,1-2H3,(H,38,44)(H,42,43)/p-1/b17-16+/t28-,29-/m1/s1. The van der Waals surface area contributed by atoms with Crippen molar-refractivity contribution in [1.82, 2.24) is 9.88 Å². The van der Waals surface area contributed by atoms with Crippen LogP contribution in [0.4, 0.5) is 4.39 Å². The molecule has 1 amide bonds. The van der Waals surface area contributed by atoms with E-state index in [4.69, 9.17) is 5.26 Å². The van der Waals surface area contributed by atoms with Crippen LogP contribution in [-0.4, -0.2) is 38.9 Å². The van der Waals surface area contributed by atoms with Crippen LogP contribution in [-0.2, 0) is 11.3 Å². The number of aromatic nitrogens is 1. The molecule has 0 aliphatic heterocycles. The van der Waals surface area contributed by atoms with Gasteiger partial charge in [-0.3, -0.25) is 4.79 Å². The molecule has 0 aliphatic carbocycles. The summed E-state index contributed by atoms with van der Waals surface area (Å²) in [7, 11) is 0. The predicted octanol–water partition coefficient (Wildman–Crippen LogP) is 4.61. The van der Waals surface area contributed by atoms with Gasteiger partial charge < -0.3 is 30.0 Å². The van der Waals surface area contributed by atoms with Crippen molar-refractivity contribution in [2.75, 3.05) is 0 Å². The summed E-state index contributed by atoms with van der Waals surface area (Å²) in [4.78, 5) is 25.0. The molecule has 0 fully saturated rings. The summed E-state index contributed by atoms with van der Waals surface area (Å²) in [6.45, 7) is 4.03. The quantitative estimate of drug-likeness (QED) is 0.219. The van der Waals surface area contributed by atoms with Crippen molar-refractivity contribution in [2.24, 2.45) is 0 Å². The highest BCUT2D eigenvalue weighted by atomic mass is 19.1. The molecule has 226 valence electrons. The van der Waals surface area contributed by atoms with Gasteiger partial charge in [-0.05, 0) is 60.9 Å². The van der Waals surface area contributed by atoms with Crippen LogP contribution in [0.1, 0.15) is 60.0 Å². The number of carbonyl (C=O) groups excluding carboxylic acids is 2. The van der Waals surface area contributed by atoms with Crippen molar-refractivity contribution in [3.63, 3.8) is 0 Å². The van der Waals surface area contributed by atoms with Gasteiger partial charge in [0.25, 0.3) is 5.91 Å². The maximum atomic E-state index is 14.1. The first-order chi connectivity index (χ1) is 21.1. The number of aliphatic hydroxyl groups is 2. The number of aliphatic carboxylic acids is 1. The summed E-state index contributed by atoms with van der Waals surface area (Å²) >= 11 is 0. The second kappa shape index (κ2) is 14.4. The molecule has 44 heavy (non-hydrogen) atoms. The van der Waals surface area contributed by atoms with Crippen LogP contribution >= 0.6 is 0 Å². The molecule has 9 heteroatoms. The van der Waals surface area contributed by atoms with E-state index >= 15 is 0 Å². The number of hydrogen-bond donors (Lipinski definition) is 3. The number of nitrogens with zero attached hydrogens (tertiary/aromatic N) is 2. The van der Waals surface area contributed by atoms with E-state index in [1.807, 2.05) is 48.7 Å². The molecule has 8 nitrogen and oxygen atoms in total. The van der Waals surface area contributed by atoms with Crippen LogP contribution in [0.3, 0.4) is 0 Å². The van der Waals surface area contributed by atoms with Gasteiger partial charge in [0.05, 0.1) is 23.8 Å². The third kappa shape index (κ3) is 7.67. The molecule has 1 heterocycles. The second-order valence-electron chi connectivity index (χ2n) is 10.7. The van der Waals surface area contributed by atoms with Crippen molar-refractivity contribution in [3.8, 4) is 28.3 Å². The maximum Gasteiger partial charge on any atom is 0.268 e. The number of amides is 1. The van der Waals surface area contributed by atoms with E-state index in [2.05, 4.69) is 11.4 Å². The van der Waals surface area contributed by atoms with Gasteiger partial charge in [0.15, 0.2) is 0 Å². The highest BCUT2D eigenvalue weighted by Gasteiger charge is 2.29. The minimum absolute atomic E-state index is 0.203. The number of carboxylic acid groups (broad SMARTS) is 1. The molecule has 0 spiro atoms. The molecule has 2 atom stereocenters. The van der Waals surface area contributed by atoms with Crippen LogP contribution in [0, 0.1) is 17.1 Å². The predicted molar refractivity (Wildman–Crippen MR) is 163 cm³/mol. The molecule has 0 bridgehead atoms. The lowest BCUT2D eigenvalue weighted by molar-refractivity contribution is -0.307. The van der Waals surface area contributed by atoms with Gasteiger partial charge in [-0.1, -0.05) is 60.7 Å². The number of carbonyl (C=O) groups is 2. The molecule has 0 aliphatic rings. The van der Waals surface area contributed by atoms with Crippen LogP contribution in [0.15, 0.2) is 84.9 Å². The molecule has 3 N–H and O–H groups in total. The van der Waals surface area contributed by atoms with E-state index in [9.17, 15) is 29.3 Å². The molecule has 0 saturated heterocycles. The first kappa shape index (κ1) is 31.9. The van der Waals surface area contributed by atoms with Gasteiger partial charge in [-0.2, -0.15) is 5.26 Å². The summed E-state index contributed by atoms with van der Waals surface area (Å²) in [5, 5.41) is 43.6. The zero-order chi connectivity index (χ0) is 31.8. The Morgan fingerprint density at radius 1 is 0.977 bits per heavy atom. The summed E-state index contributed by atoms with van der Waals surface area (Å²) in [6.07, 6.45) is -0.282. The lowest BCUT2D eigenvalue weighted by Gasteiger charge is -2.17. The van der Waals surface area contributed by atoms with E-state index in [1.54, 1.807) is 42.5 Å². The molecule has 1 aromatic heterocycles. The Morgan fingerprint density at radius 3 is 2.20 bits per heavy atom. The molecule has 0 radical (unpaired) electrons. The topological polar surface area (TPSA) is 138 Å². The number of rotatable bonds is 12. The molecular formula is C35H33FN3O5-. The second-order valence-corrected chi connectivity index (χ2v) is 10.7. The number of carboxylic acids is 1. The molecule has 0 unspecified atom stereocenters. The third-order valence-corrected chi connectivity index (χ3v) is 7.10. The lowest BCUT2D eigenvalue weighted by Crippen LogP contribution is -2.29. The van der Waals surface area contributed by atoms with Gasteiger partial charge in [0.1, 0.15) is 11.5 Å². The summed E-state index contributed by atoms with van der Waals surface area (Å²) in [5.41, 5.74) is 4.84. The number of aliphatic hydroxyl groups excluding tert-OH is 2. The Morgan fingerprint density at radius 2 is 1.61 bits per heavy atom. The lowest BCUT2D eigenvalue weighted by atomic mass is 9.94. The zero-order valence-electron chi connectivity index (χ0n) is 24.4. The van der Waals surface area contributed by atoms with E-state index in [0.717, 1.165) is 11.1 Å². The van der Waals surface area contributed by atoms with Crippen molar-refractivity contribution in [3.05, 3.63) is 113 Å². The zero-order valence-corrected chi connectivity index (χ0v) is 24.4. The Bertz CT molecular complexity index is 1670. The monoisotopic (exact) mass is 594 g/mol. The number of hydrogen-bond acceptors (Lipinski definition) is 6. The number of nitriles is 1. The van der Waals surface area contributed by atoms with Crippen molar-refractivity contribution < 1.29 is 29.3 Å². The maximum absolute atomic E-state index is 14.1. The molecule has 0 saturated carbocycles. The van der Waals surface area contributed by atoms with Gasteiger partial charge >= 0.3 is 0 Å². The SMILES string of the molecule is CC(C)n1c(/C=C/[C@@H](O)C[C@@H](O)CC(=O)[O-])c(-c2ccc(F)cc2)c(-c2ccccc2)c1C(=O)NCc1ccc(C#N)cc1. The van der Waals surface area contributed by atoms with E-state index in [-0.39, 0.29) is 24.9 Å². The Kier molecular flexibility index (Phi) is 10.5. The van der Waals surface area contributed by atoms with Crippen LogP contribution in [0.5, 0.6) is 0 Å². The minimum atomic E-state index is -1.43. The molecule has 3 aromatic carbocycles. The average Bonchev–Trinajstić information content (AvgIpc) is 3.35. The third-order valence-electron chi connectivity index (χ3n) is 7.10. The first-order valence-electron chi connectivity index (χ1n) is 14.2. The van der Waals surface area contributed by atoms with E-state index in [1.165, 1.54) is 18.2 Å². The molecule has 4 aromatic rings. The summed E-state index contributed by atoms with van der Waals surface area (Å²) in [6, 6.07) is 24.0. The Hall–Kier alpha value is -5.04. The van der Waals surface area contributed by atoms with E-state index < -0.39 is 30.4 Å². The van der Waals surface area contributed by atoms with Crippen molar-refractivity contribution >= 4 is 18.0 Å². The first-order valence-corrected chi connectivity index (χ1v) is 14.2. The normalized spacial score (nSPS) is 12.7. The van der Waals surface area contributed by atoms with Crippen molar-refractivity contribution in [1.29, 1.82) is 5.26 Å². The van der Waals surface area contributed by atoms with Gasteiger partial charge in [0, 0.05) is 48.2 Å². The number of halogens is 1. The fraction of sp³-hybridized carbons (Fsp3) is 0.229. The highest BCUT2D eigenvalue weighted by Crippen LogP contribution is 2.42. The fourth-order valence-electron chi connectivity index (χ4n) is 5.12. The highest BCUT2D eigenvalue weighted by molar-refractivity contribution is 6.06. The fourth-order valence-corrected chi connectivity index (χ4v) is 5.12. The molecular weight excluding hydrogens is 561 g/mol. The summed E-state index contributed by atoms with van der Waals surface area (Å²) in [5.74, 6) is -2.21. The van der Waals surface area contributed by atoms with Crippen LogP contribution in [0.2, 0.25) is 0 Å². The number of nitrogens with one attached hydrogen (secondary N) is 1. The smallest absolute Gasteiger partial charge is 0.268 e. The minimum Gasteiger partial charge on any atom is -0.550 e. The van der Waals surface area contributed by atoms with Crippen LogP contribution in [0.25, 0.3) is 28.3 Å². The Balaban J connectivity index is 1.89.